The fourth-order valence-corrected chi connectivity index (χ4v) is 3.02. The van der Waals surface area contributed by atoms with Crippen molar-refractivity contribution in [2.75, 3.05) is 7.11 Å². The molecule has 126 valence electrons. The Kier molecular flexibility index (Phi) is 6.42. The molecule has 1 aromatic rings. The van der Waals surface area contributed by atoms with E-state index in [2.05, 4.69) is 30.5 Å². The van der Waals surface area contributed by atoms with Crippen LogP contribution in [-0.4, -0.2) is 27.1 Å². The van der Waals surface area contributed by atoms with Gasteiger partial charge in [0.2, 0.25) is 0 Å². The van der Waals surface area contributed by atoms with Crippen LogP contribution in [0.25, 0.3) is 0 Å². The number of hydrogen-bond donors (Lipinski definition) is 1. The third-order valence-corrected chi connectivity index (χ3v) is 5.27. The first-order valence-corrected chi connectivity index (χ1v) is 8.84. The average Bonchev–Trinajstić information content (AvgIpc) is 2.37. The van der Waals surface area contributed by atoms with Gasteiger partial charge < -0.3 is 4.74 Å². The van der Waals surface area contributed by atoms with Crippen LogP contribution in [-0.2, 0) is 17.4 Å². The fraction of sp³-hybridized carbons (Fsp3) is 0.688. The summed E-state index contributed by atoms with van der Waals surface area (Å²) in [5, 5.41) is 0.352. The molecule has 2 atom stereocenters. The predicted molar refractivity (Wildman–Crippen MR) is 93.8 cm³/mol. The lowest BCUT2D eigenvalue weighted by atomic mass is 9.84. The van der Waals surface area contributed by atoms with Crippen LogP contribution < -0.4 is 9.46 Å². The second kappa shape index (κ2) is 7.28. The lowest BCUT2D eigenvalue weighted by Gasteiger charge is -2.33. The zero-order chi connectivity index (χ0) is 17.1. The summed E-state index contributed by atoms with van der Waals surface area (Å²) < 4.78 is 20.6. The summed E-state index contributed by atoms with van der Waals surface area (Å²) in [6.45, 7) is 12.3. The van der Waals surface area contributed by atoms with Gasteiger partial charge in [-0.25, -0.2) is 13.9 Å². The number of halogens is 1. The second-order valence-electron chi connectivity index (χ2n) is 7.46. The van der Waals surface area contributed by atoms with Crippen molar-refractivity contribution < 1.29 is 8.95 Å². The molecular weight excluding hydrogens is 320 g/mol. The number of nitrogens with one attached hydrogen (secondary N) is 1. The van der Waals surface area contributed by atoms with Crippen molar-refractivity contribution in [2.24, 2.45) is 5.41 Å². The summed E-state index contributed by atoms with van der Waals surface area (Å²) in [4.78, 5) is 4.15. The van der Waals surface area contributed by atoms with Crippen molar-refractivity contribution in [1.82, 2.24) is 9.71 Å². The normalized spacial score (nSPS) is 15.5. The van der Waals surface area contributed by atoms with Gasteiger partial charge in [0.1, 0.15) is 0 Å². The van der Waals surface area contributed by atoms with Crippen LogP contribution in [0.2, 0.25) is 5.15 Å². The van der Waals surface area contributed by atoms with Crippen LogP contribution in [0.3, 0.4) is 0 Å². The Morgan fingerprint density at radius 2 is 1.91 bits per heavy atom. The largest absolute Gasteiger partial charge is 0.494 e. The minimum absolute atomic E-state index is 0.0419. The lowest BCUT2D eigenvalue weighted by molar-refractivity contribution is 0.298. The van der Waals surface area contributed by atoms with E-state index in [1.807, 2.05) is 26.8 Å². The molecule has 6 heteroatoms. The minimum atomic E-state index is -1.13. The van der Waals surface area contributed by atoms with E-state index in [1.54, 1.807) is 13.3 Å². The number of nitrogens with zero attached hydrogens (tertiary/aromatic N) is 1. The van der Waals surface area contributed by atoms with Gasteiger partial charge in [0, 0.05) is 12.2 Å². The van der Waals surface area contributed by atoms with Crippen LogP contribution in [0, 0.1) is 5.41 Å². The van der Waals surface area contributed by atoms with E-state index in [1.165, 1.54) is 0 Å². The quantitative estimate of drug-likeness (QED) is 0.826. The molecule has 1 N–H and O–H groups in total. The molecule has 4 nitrogen and oxygen atoms in total. The van der Waals surface area contributed by atoms with Gasteiger partial charge in [0.05, 0.1) is 22.8 Å². The molecule has 0 fully saturated rings. The molecule has 0 aliphatic carbocycles. The van der Waals surface area contributed by atoms with Crippen molar-refractivity contribution in [3.8, 4) is 5.75 Å². The molecule has 0 aliphatic rings. The number of pyridine rings is 1. The Morgan fingerprint density at radius 1 is 1.32 bits per heavy atom. The molecule has 0 saturated heterocycles. The van der Waals surface area contributed by atoms with Crippen LogP contribution in [0.4, 0.5) is 0 Å². The van der Waals surface area contributed by atoms with Gasteiger partial charge in [-0.05, 0) is 44.2 Å². The molecule has 1 rings (SSSR count). The number of ether oxygens (including phenoxy) is 1. The van der Waals surface area contributed by atoms with E-state index in [0.29, 0.717) is 17.3 Å². The molecule has 0 aromatic carbocycles. The molecule has 0 aliphatic heterocycles. The highest BCUT2D eigenvalue weighted by molar-refractivity contribution is 7.84. The molecule has 0 spiro atoms. The lowest BCUT2D eigenvalue weighted by Crippen LogP contribution is -2.47. The maximum absolute atomic E-state index is 12.4. The standard InChI is InChI=1S/C16H27ClN2O2S/c1-15(2,3)13(19-22(20)16(4,5)6)9-11-8-12(21-7)14(17)18-10-11/h8,10,13,19H,9H2,1-7H3/t13-,22-/m0/s1. The van der Waals surface area contributed by atoms with E-state index in [-0.39, 0.29) is 16.2 Å². The summed E-state index contributed by atoms with van der Waals surface area (Å²) in [6, 6.07) is 1.93. The van der Waals surface area contributed by atoms with Crippen LogP contribution in [0.15, 0.2) is 12.3 Å². The molecule has 0 unspecified atom stereocenters. The topological polar surface area (TPSA) is 51.2 Å². The zero-order valence-electron chi connectivity index (χ0n) is 14.5. The highest BCUT2D eigenvalue weighted by Gasteiger charge is 2.30. The SMILES string of the molecule is COc1cc(C[C@H](N[S@@](=O)C(C)(C)C)C(C)(C)C)cnc1Cl. The first kappa shape index (κ1) is 19.4. The highest BCUT2D eigenvalue weighted by atomic mass is 35.5. The Morgan fingerprint density at radius 3 is 2.36 bits per heavy atom. The third-order valence-electron chi connectivity index (χ3n) is 3.37. The first-order chi connectivity index (χ1) is 9.95. The van der Waals surface area contributed by atoms with E-state index in [9.17, 15) is 4.21 Å². The van der Waals surface area contributed by atoms with Crippen molar-refractivity contribution in [3.05, 3.63) is 23.0 Å². The van der Waals surface area contributed by atoms with Gasteiger partial charge in [-0.3, -0.25) is 0 Å². The summed E-state index contributed by atoms with van der Waals surface area (Å²) in [7, 11) is 0.443. The fourth-order valence-electron chi connectivity index (χ4n) is 1.79. The second-order valence-corrected chi connectivity index (χ2v) is 9.81. The van der Waals surface area contributed by atoms with Gasteiger partial charge in [-0.2, -0.15) is 0 Å². The molecule has 1 heterocycles. The van der Waals surface area contributed by atoms with Gasteiger partial charge in [0.15, 0.2) is 10.9 Å². The van der Waals surface area contributed by atoms with Crippen molar-refractivity contribution in [2.45, 2.75) is 58.8 Å². The Hall–Kier alpha value is -0.650. The molecule has 0 amide bonds. The van der Waals surface area contributed by atoms with Crippen molar-refractivity contribution in [3.63, 3.8) is 0 Å². The Balaban J connectivity index is 2.98. The molecule has 0 bridgehead atoms. The van der Waals surface area contributed by atoms with Crippen LogP contribution in [0.1, 0.15) is 47.1 Å². The Bertz CT molecular complexity index is 536. The summed E-state index contributed by atoms with van der Waals surface area (Å²) in [5.74, 6) is 0.559. The molecular formula is C16H27ClN2O2S. The number of rotatable bonds is 5. The van der Waals surface area contributed by atoms with E-state index in [4.69, 9.17) is 16.3 Å². The Labute approximate surface area is 141 Å². The predicted octanol–water partition coefficient (Wildman–Crippen LogP) is 3.75. The first-order valence-electron chi connectivity index (χ1n) is 7.31. The zero-order valence-corrected chi connectivity index (χ0v) is 16.1. The van der Waals surface area contributed by atoms with Gasteiger partial charge in [0.25, 0.3) is 0 Å². The number of hydrogen-bond acceptors (Lipinski definition) is 3. The average molecular weight is 347 g/mol. The molecule has 0 saturated carbocycles. The summed E-state index contributed by atoms with van der Waals surface area (Å²) >= 11 is 5.97. The van der Waals surface area contributed by atoms with Crippen LogP contribution in [0.5, 0.6) is 5.75 Å². The van der Waals surface area contributed by atoms with Gasteiger partial charge in [-0.1, -0.05) is 32.4 Å². The van der Waals surface area contributed by atoms with Crippen molar-refractivity contribution in [1.29, 1.82) is 0 Å². The van der Waals surface area contributed by atoms with E-state index < -0.39 is 11.0 Å². The van der Waals surface area contributed by atoms with E-state index in [0.717, 1.165) is 5.56 Å². The maximum atomic E-state index is 12.4. The minimum Gasteiger partial charge on any atom is -0.494 e. The maximum Gasteiger partial charge on any atom is 0.171 e. The number of aromatic nitrogens is 1. The van der Waals surface area contributed by atoms with E-state index >= 15 is 0 Å². The third kappa shape index (κ3) is 5.52. The smallest absolute Gasteiger partial charge is 0.171 e. The monoisotopic (exact) mass is 346 g/mol. The van der Waals surface area contributed by atoms with Gasteiger partial charge >= 0.3 is 0 Å². The number of methoxy groups -OCH3 is 1. The molecule has 0 radical (unpaired) electrons. The van der Waals surface area contributed by atoms with Crippen molar-refractivity contribution >= 4 is 22.6 Å². The molecule has 22 heavy (non-hydrogen) atoms. The summed E-state index contributed by atoms with van der Waals surface area (Å²) in [6.07, 6.45) is 2.44. The van der Waals surface area contributed by atoms with Gasteiger partial charge in [-0.15, -0.1) is 0 Å². The summed E-state index contributed by atoms with van der Waals surface area (Å²) in [5.41, 5.74) is 0.952. The highest BCUT2D eigenvalue weighted by Crippen LogP contribution is 2.27. The molecule has 1 aromatic heterocycles. The van der Waals surface area contributed by atoms with Crippen LogP contribution >= 0.6 is 11.6 Å².